The lowest BCUT2D eigenvalue weighted by atomic mass is 9.94. The quantitative estimate of drug-likeness (QED) is 0.318. The van der Waals surface area contributed by atoms with Crippen LogP contribution in [0.2, 0.25) is 0 Å². The molecule has 0 spiro atoms. The second kappa shape index (κ2) is 9.95. The molecule has 1 aromatic heterocycles. The van der Waals surface area contributed by atoms with Gasteiger partial charge in [-0.1, -0.05) is 70.9 Å². The van der Waals surface area contributed by atoms with Gasteiger partial charge in [-0.15, -0.1) is 0 Å². The van der Waals surface area contributed by atoms with Crippen molar-refractivity contribution in [2.45, 2.75) is 33.4 Å². The fourth-order valence-electron chi connectivity index (χ4n) is 4.52. The van der Waals surface area contributed by atoms with Crippen LogP contribution < -0.4 is 10.1 Å². The first kappa shape index (κ1) is 23.8. The molecule has 36 heavy (non-hydrogen) atoms. The van der Waals surface area contributed by atoms with E-state index in [0.29, 0.717) is 23.4 Å². The Morgan fingerprint density at radius 3 is 2.39 bits per heavy atom. The number of methoxy groups -OCH3 is 1. The van der Waals surface area contributed by atoms with Crippen LogP contribution in [0, 0.1) is 13.8 Å². The second-order valence-electron chi connectivity index (χ2n) is 9.02. The molecule has 0 amide bonds. The van der Waals surface area contributed by atoms with E-state index in [1.165, 1.54) is 11.1 Å². The van der Waals surface area contributed by atoms with Crippen LogP contribution >= 0.6 is 12.2 Å². The fraction of sp³-hybridized carbons (Fsp3) is 0.207. The summed E-state index contributed by atoms with van der Waals surface area (Å²) in [5, 5.41) is 8.49. The van der Waals surface area contributed by atoms with E-state index in [9.17, 15) is 0 Å². The Hall–Kier alpha value is -3.97. The summed E-state index contributed by atoms with van der Waals surface area (Å²) in [6.45, 7) is 6.84. The third-order valence-electron chi connectivity index (χ3n) is 6.40. The van der Waals surface area contributed by atoms with E-state index in [1.807, 2.05) is 49.4 Å². The highest BCUT2D eigenvalue weighted by molar-refractivity contribution is 7.80. The highest BCUT2D eigenvalue weighted by Gasteiger charge is 2.34. The second-order valence-corrected chi connectivity index (χ2v) is 9.41. The molecule has 0 radical (unpaired) electrons. The zero-order valence-electron chi connectivity index (χ0n) is 20.8. The summed E-state index contributed by atoms with van der Waals surface area (Å²) >= 11 is 5.85. The average Bonchev–Trinajstić information content (AvgIpc) is 3.36. The van der Waals surface area contributed by atoms with Crippen molar-refractivity contribution in [1.29, 1.82) is 0 Å². The third kappa shape index (κ3) is 4.75. The van der Waals surface area contributed by atoms with Crippen LogP contribution in [0.25, 0.3) is 17.0 Å². The fourth-order valence-corrected chi connectivity index (χ4v) is 4.84. The smallest absolute Gasteiger partial charge is 0.258 e. The van der Waals surface area contributed by atoms with E-state index in [1.54, 1.807) is 7.11 Å². The number of hydrogen-bond acceptors (Lipinski definition) is 5. The summed E-state index contributed by atoms with van der Waals surface area (Å²) in [5.41, 5.74) is 7.33. The van der Waals surface area contributed by atoms with E-state index >= 15 is 0 Å². The lowest BCUT2D eigenvalue weighted by Crippen LogP contribution is -2.45. The molecule has 7 heteroatoms. The van der Waals surface area contributed by atoms with Crippen LogP contribution in [-0.2, 0) is 6.54 Å². The van der Waals surface area contributed by atoms with Gasteiger partial charge < -0.3 is 19.5 Å². The van der Waals surface area contributed by atoms with Gasteiger partial charge in [-0.3, -0.25) is 0 Å². The summed E-state index contributed by atoms with van der Waals surface area (Å²) in [7, 11) is 1.66. The zero-order valence-corrected chi connectivity index (χ0v) is 21.6. The number of aromatic nitrogens is 2. The van der Waals surface area contributed by atoms with Crippen LogP contribution in [0.15, 0.2) is 83.0 Å². The van der Waals surface area contributed by atoms with Crippen molar-refractivity contribution in [1.82, 2.24) is 20.4 Å². The van der Waals surface area contributed by atoms with E-state index in [4.69, 9.17) is 26.5 Å². The highest BCUT2D eigenvalue weighted by atomic mass is 32.1. The largest absolute Gasteiger partial charge is 0.497 e. The lowest BCUT2D eigenvalue weighted by Gasteiger charge is -2.37. The number of nitrogens with one attached hydrogen (secondary N) is 1. The average molecular weight is 497 g/mol. The SMILES string of the molecule is COc1ccc(C2NC(=S)N(Cc3cccc(C)c3)C(C)=C2c2nc(-c3cccc(C)c3)no2)cc1. The Morgan fingerprint density at radius 2 is 1.69 bits per heavy atom. The van der Waals surface area contributed by atoms with Crippen LogP contribution in [0.3, 0.4) is 0 Å². The Kier molecular flexibility index (Phi) is 6.57. The van der Waals surface area contributed by atoms with E-state index in [2.05, 4.69) is 59.6 Å². The molecule has 1 aliphatic rings. The summed E-state index contributed by atoms with van der Waals surface area (Å²) in [5.74, 6) is 1.81. The maximum absolute atomic E-state index is 5.86. The minimum atomic E-state index is -0.247. The maximum Gasteiger partial charge on any atom is 0.258 e. The molecule has 2 heterocycles. The van der Waals surface area contributed by atoms with Crippen LogP contribution in [0.4, 0.5) is 0 Å². The first-order valence-corrected chi connectivity index (χ1v) is 12.2. The molecule has 1 atom stereocenters. The molecule has 0 aliphatic carbocycles. The summed E-state index contributed by atoms with van der Waals surface area (Å²) in [6, 6.07) is 24.2. The van der Waals surface area contributed by atoms with Crippen molar-refractivity contribution in [3.63, 3.8) is 0 Å². The number of ether oxygens (including phenoxy) is 1. The van der Waals surface area contributed by atoms with Gasteiger partial charge in [0.2, 0.25) is 5.82 Å². The normalized spacial score (nSPS) is 15.7. The summed E-state index contributed by atoms with van der Waals surface area (Å²) < 4.78 is 11.2. The molecule has 0 fully saturated rings. The number of nitrogens with zero attached hydrogens (tertiary/aromatic N) is 3. The number of allylic oxidation sites excluding steroid dienone is 1. The third-order valence-corrected chi connectivity index (χ3v) is 6.74. The van der Waals surface area contributed by atoms with Crippen molar-refractivity contribution in [2.75, 3.05) is 7.11 Å². The lowest BCUT2D eigenvalue weighted by molar-refractivity contribution is 0.396. The molecule has 0 saturated heterocycles. The Labute approximate surface area is 216 Å². The molecule has 4 aromatic rings. The van der Waals surface area contributed by atoms with Crippen LogP contribution in [-0.4, -0.2) is 27.3 Å². The molecule has 1 N–H and O–H groups in total. The maximum atomic E-state index is 5.86. The predicted octanol–water partition coefficient (Wildman–Crippen LogP) is 6.22. The Bertz CT molecular complexity index is 1440. The molecule has 1 aliphatic heterocycles. The molecular formula is C29H28N4O2S. The molecule has 3 aromatic carbocycles. The summed E-state index contributed by atoms with van der Waals surface area (Å²) in [4.78, 5) is 6.91. The van der Waals surface area contributed by atoms with E-state index < -0.39 is 0 Å². The van der Waals surface area contributed by atoms with E-state index in [-0.39, 0.29) is 6.04 Å². The monoisotopic (exact) mass is 496 g/mol. The zero-order chi connectivity index (χ0) is 25.2. The van der Waals surface area contributed by atoms with Crippen molar-refractivity contribution < 1.29 is 9.26 Å². The molecule has 182 valence electrons. The standard InChI is InChI=1S/C29H28N4O2S/c1-18-7-5-9-21(15-18)17-33-20(3)25(26(30-29(33)36)22-11-13-24(34-4)14-12-22)28-31-27(32-35-28)23-10-6-8-19(2)16-23/h5-16,26H,17H2,1-4H3,(H,30,36). The topological polar surface area (TPSA) is 63.4 Å². The van der Waals surface area contributed by atoms with Gasteiger partial charge in [0.05, 0.1) is 18.7 Å². The first-order valence-electron chi connectivity index (χ1n) is 11.8. The van der Waals surface area contributed by atoms with Gasteiger partial charge in [-0.05, 0) is 62.3 Å². The molecule has 0 saturated carbocycles. The van der Waals surface area contributed by atoms with Crippen LogP contribution in [0.1, 0.15) is 41.1 Å². The van der Waals surface area contributed by atoms with Crippen molar-refractivity contribution in [3.8, 4) is 17.1 Å². The van der Waals surface area contributed by atoms with Gasteiger partial charge in [0, 0.05) is 17.8 Å². The Balaban J connectivity index is 1.59. The van der Waals surface area contributed by atoms with Gasteiger partial charge in [0.1, 0.15) is 5.75 Å². The van der Waals surface area contributed by atoms with Gasteiger partial charge >= 0.3 is 0 Å². The number of benzene rings is 3. The predicted molar refractivity (Wildman–Crippen MR) is 145 cm³/mol. The molecule has 0 bridgehead atoms. The van der Waals surface area contributed by atoms with E-state index in [0.717, 1.165) is 33.7 Å². The molecule has 6 nitrogen and oxygen atoms in total. The van der Waals surface area contributed by atoms with Gasteiger partial charge in [-0.2, -0.15) is 4.98 Å². The van der Waals surface area contributed by atoms with Crippen molar-refractivity contribution >= 4 is 22.9 Å². The van der Waals surface area contributed by atoms with Crippen molar-refractivity contribution in [2.24, 2.45) is 0 Å². The summed E-state index contributed by atoms with van der Waals surface area (Å²) in [6.07, 6.45) is 0. The molecule has 1 unspecified atom stereocenters. The minimum Gasteiger partial charge on any atom is -0.497 e. The molecular weight excluding hydrogens is 468 g/mol. The Morgan fingerprint density at radius 1 is 0.972 bits per heavy atom. The van der Waals surface area contributed by atoms with Crippen molar-refractivity contribution in [3.05, 3.63) is 107 Å². The van der Waals surface area contributed by atoms with Gasteiger partial charge in [0.25, 0.3) is 5.89 Å². The number of aryl methyl sites for hydroxylation is 2. The van der Waals surface area contributed by atoms with Gasteiger partial charge in [0.15, 0.2) is 5.11 Å². The number of hydrogen-bond donors (Lipinski definition) is 1. The minimum absolute atomic E-state index is 0.247. The number of rotatable bonds is 6. The molecule has 5 rings (SSSR count). The number of thiocarbonyl (C=S) groups is 1. The van der Waals surface area contributed by atoms with Crippen LogP contribution in [0.5, 0.6) is 5.75 Å². The first-order chi connectivity index (χ1) is 17.4. The van der Waals surface area contributed by atoms with Gasteiger partial charge in [-0.25, -0.2) is 0 Å². The highest BCUT2D eigenvalue weighted by Crippen LogP contribution is 2.38.